The first-order valence-electron chi connectivity index (χ1n) is 9.46. The van der Waals surface area contributed by atoms with Crippen LogP contribution in [0.1, 0.15) is 17.5 Å². The van der Waals surface area contributed by atoms with E-state index in [0.717, 1.165) is 5.39 Å². The topological polar surface area (TPSA) is 102 Å². The standard InChI is InChI=1S/C24H16N2O5S/c1-14(27)30-21-8-7-15(10-22(21)29-2)9-17(12-25)23-26-19(13-32-23)18-11-16-5-3-4-6-20(16)31-24(18)28/h3-11,13H,1-2H3. The molecule has 2 heterocycles. The van der Waals surface area contributed by atoms with Crippen LogP contribution in [-0.2, 0) is 4.79 Å². The largest absolute Gasteiger partial charge is 0.493 e. The van der Waals surface area contributed by atoms with Crippen LogP contribution in [0.25, 0.3) is 33.9 Å². The van der Waals surface area contributed by atoms with Gasteiger partial charge in [-0.15, -0.1) is 11.3 Å². The number of ether oxygens (including phenoxy) is 2. The molecule has 158 valence electrons. The molecule has 7 nitrogen and oxygen atoms in total. The molecular formula is C24H16N2O5S. The fraction of sp³-hybridized carbons (Fsp3) is 0.0833. The minimum Gasteiger partial charge on any atom is -0.493 e. The SMILES string of the molecule is COc1cc(C=C(C#N)c2nc(-c3cc4ccccc4oc3=O)cs2)ccc1OC(C)=O. The number of nitriles is 1. The van der Waals surface area contributed by atoms with Crippen molar-refractivity contribution in [2.24, 2.45) is 0 Å². The monoisotopic (exact) mass is 444 g/mol. The summed E-state index contributed by atoms with van der Waals surface area (Å²) in [4.78, 5) is 28.1. The normalized spacial score (nSPS) is 11.2. The first-order valence-corrected chi connectivity index (χ1v) is 10.3. The third-order valence-corrected chi connectivity index (χ3v) is 5.40. The minimum absolute atomic E-state index is 0.287. The lowest BCUT2D eigenvalue weighted by Crippen LogP contribution is -2.03. The van der Waals surface area contributed by atoms with Crippen molar-refractivity contribution < 1.29 is 18.7 Å². The van der Waals surface area contributed by atoms with Gasteiger partial charge in [-0.3, -0.25) is 4.79 Å². The van der Waals surface area contributed by atoms with Crippen molar-refractivity contribution in [1.29, 1.82) is 5.26 Å². The lowest BCUT2D eigenvalue weighted by Gasteiger charge is -2.08. The maximum Gasteiger partial charge on any atom is 0.345 e. The first-order chi connectivity index (χ1) is 15.5. The van der Waals surface area contributed by atoms with Crippen molar-refractivity contribution >= 4 is 39.9 Å². The van der Waals surface area contributed by atoms with Crippen molar-refractivity contribution in [2.75, 3.05) is 7.11 Å². The van der Waals surface area contributed by atoms with Gasteiger partial charge in [0, 0.05) is 17.7 Å². The Morgan fingerprint density at radius 2 is 2.00 bits per heavy atom. The number of methoxy groups -OCH3 is 1. The zero-order chi connectivity index (χ0) is 22.7. The van der Waals surface area contributed by atoms with E-state index in [1.165, 1.54) is 25.4 Å². The third kappa shape index (κ3) is 4.29. The van der Waals surface area contributed by atoms with Crippen molar-refractivity contribution in [3.63, 3.8) is 0 Å². The van der Waals surface area contributed by atoms with Crippen molar-refractivity contribution in [2.45, 2.75) is 6.92 Å². The van der Waals surface area contributed by atoms with Crippen LogP contribution in [0.15, 0.2) is 63.1 Å². The van der Waals surface area contributed by atoms with Gasteiger partial charge >= 0.3 is 11.6 Å². The van der Waals surface area contributed by atoms with E-state index in [9.17, 15) is 14.9 Å². The molecule has 2 aromatic carbocycles. The summed E-state index contributed by atoms with van der Waals surface area (Å²) >= 11 is 1.25. The Hall–Kier alpha value is -4.22. The smallest absolute Gasteiger partial charge is 0.345 e. The molecule has 0 N–H and O–H groups in total. The number of allylic oxidation sites excluding steroid dienone is 1. The molecule has 32 heavy (non-hydrogen) atoms. The molecule has 4 rings (SSSR count). The Morgan fingerprint density at radius 3 is 2.75 bits per heavy atom. The number of nitrogens with zero attached hydrogens (tertiary/aromatic N) is 2. The highest BCUT2D eigenvalue weighted by atomic mass is 32.1. The fourth-order valence-corrected chi connectivity index (χ4v) is 3.87. The Morgan fingerprint density at radius 1 is 1.19 bits per heavy atom. The molecule has 8 heteroatoms. The Labute approximate surface area is 186 Å². The number of rotatable bonds is 5. The van der Waals surface area contributed by atoms with Crippen LogP contribution in [0, 0.1) is 11.3 Å². The highest BCUT2D eigenvalue weighted by molar-refractivity contribution is 7.11. The summed E-state index contributed by atoms with van der Waals surface area (Å²) in [5.74, 6) is 0.188. The molecule has 0 spiro atoms. The second-order valence-electron chi connectivity index (χ2n) is 6.70. The maximum absolute atomic E-state index is 12.4. The quantitative estimate of drug-likeness (QED) is 0.186. The number of carbonyl (C=O) groups excluding carboxylic acids is 1. The molecule has 0 radical (unpaired) electrons. The van der Waals surface area contributed by atoms with E-state index >= 15 is 0 Å². The van der Waals surface area contributed by atoms with Crippen molar-refractivity contribution in [3.8, 4) is 28.8 Å². The van der Waals surface area contributed by atoms with E-state index < -0.39 is 11.6 Å². The maximum atomic E-state index is 12.4. The fourth-order valence-electron chi connectivity index (χ4n) is 3.08. The van der Waals surface area contributed by atoms with E-state index in [1.807, 2.05) is 12.1 Å². The van der Waals surface area contributed by atoms with Gasteiger partial charge in [-0.05, 0) is 35.9 Å². The number of carbonyl (C=O) groups is 1. The number of thiazole rings is 1. The Bertz CT molecular complexity index is 1460. The van der Waals surface area contributed by atoms with E-state index in [-0.39, 0.29) is 5.75 Å². The number of hydrogen-bond donors (Lipinski definition) is 0. The molecule has 0 aliphatic heterocycles. The summed E-state index contributed by atoms with van der Waals surface area (Å²) in [6, 6.07) is 16.0. The lowest BCUT2D eigenvalue weighted by atomic mass is 10.1. The second kappa shape index (κ2) is 8.88. The van der Waals surface area contributed by atoms with Crippen molar-refractivity contribution in [3.05, 3.63) is 74.9 Å². The zero-order valence-electron chi connectivity index (χ0n) is 17.1. The van der Waals surface area contributed by atoms with Gasteiger partial charge in [0.05, 0.1) is 23.9 Å². The van der Waals surface area contributed by atoms with E-state index in [2.05, 4.69) is 11.1 Å². The summed E-state index contributed by atoms with van der Waals surface area (Å²) < 4.78 is 15.8. The second-order valence-corrected chi connectivity index (χ2v) is 7.56. The van der Waals surface area contributed by atoms with E-state index in [0.29, 0.717) is 38.7 Å². The highest BCUT2D eigenvalue weighted by Gasteiger charge is 2.14. The van der Waals surface area contributed by atoms with Crippen LogP contribution < -0.4 is 15.1 Å². The molecule has 0 saturated carbocycles. The summed E-state index contributed by atoms with van der Waals surface area (Å²) in [5, 5.41) is 12.6. The predicted molar refractivity (Wildman–Crippen MR) is 121 cm³/mol. The molecule has 0 saturated heterocycles. The molecular weight excluding hydrogens is 428 g/mol. The van der Waals surface area contributed by atoms with Crippen LogP contribution in [-0.4, -0.2) is 18.1 Å². The van der Waals surface area contributed by atoms with Crippen LogP contribution in [0.2, 0.25) is 0 Å². The average molecular weight is 444 g/mol. The third-order valence-electron chi connectivity index (χ3n) is 4.52. The number of hydrogen-bond acceptors (Lipinski definition) is 8. The van der Waals surface area contributed by atoms with E-state index in [1.54, 1.807) is 47.9 Å². The molecule has 4 aromatic rings. The first kappa shape index (κ1) is 21.0. The van der Waals surface area contributed by atoms with Crippen LogP contribution in [0.4, 0.5) is 0 Å². The predicted octanol–water partition coefficient (Wildman–Crippen LogP) is 4.91. The molecule has 0 atom stereocenters. The van der Waals surface area contributed by atoms with Crippen LogP contribution in [0.3, 0.4) is 0 Å². The summed E-state index contributed by atoms with van der Waals surface area (Å²) in [5.41, 5.74) is 1.75. The van der Waals surface area contributed by atoms with Crippen LogP contribution in [0.5, 0.6) is 11.5 Å². The Kier molecular flexibility index (Phi) is 5.83. The van der Waals surface area contributed by atoms with Gasteiger partial charge in [0.2, 0.25) is 0 Å². The summed E-state index contributed by atoms with van der Waals surface area (Å²) in [7, 11) is 1.46. The van der Waals surface area contributed by atoms with Crippen LogP contribution >= 0.6 is 11.3 Å². The highest BCUT2D eigenvalue weighted by Crippen LogP contribution is 2.31. The molecule has 0 bridgehead atoms. The number of aromatic nitrogens is 1. The Balaban J connectivity index is 1.69. The van der Waals surface area contributed by atoms with Gasteiger partial charge in [-0.1, -0.05) is 24.3 Å². The average Bonchev–Trinajstić information content (AvgIpc) is 3.27. The van der Waals surface area contributed by atoms with Gasteiger partial charge in [0.25, 0.3) is 0 Å². The molecule has 0 amide bonds. The molecule has 0 aliphatic carbocycles. The number of para-hydroxylation sites is 1. The summed E-state index contributed by atoms with van der Waals surface area (Å²) in [6.45, 7) is 1.30. The summed E-state index contributed by atoms with van der Waals surface area (Å²) in [6.07, 6.45) is 1.64. The zero-order valence-corrected chi connectivity index (χ0v) is 17.9. The van der Waals surface area contributed by atoms with Gasteiger partial charge in [-0.2, -0.15) is 5.26 Å². The van der Waals surface area contributed by atoms with E-state index in [4.69, 9.17) is 13.9 Å². The van der Waals surface area contributed by atoms with Gasteiger partial charge in [-0.25, -0.2) is 9.78 Å². The van der Waals surface area contributed by atoms with Gasteiger partial charge in [0.1, 0.15) is 16.7 Å². The number of esters is 1. The number of benzene rings is 2. The van der Waals surface area contributed by atoms with Gasteiger partial charge < -0.3 is 13.9 Å². The molecule has 0 unspecified atom stereocenters. The molecule has 2 aromatic heterocycles. The van der Waals surface area contributed by atoms with Crippen molar-refractivity contribution in [1.82, 2.24) is 4.98 Å². The molecule has 0 fully saturated rings. The number of fused-ring (bicyclic) bond motifs is 1. The lowest BCUT2D eigenvalue weighted by molar-refractivity contribution is -0.132. The van der Waals surface area contributed by atoms with Gasteiger partial charge in [0.15, 0.2) is 11.5 Å². The minimum atomic E-state index is -0.492. The molecule has 0 aliphatic rings.